The summed E-state index contributed by atoms with van der Waals surface area (Å²) in [5, 5.41) is 11.4. The van der Waals surface area contributed by atoms with Crippen molar-refractivity contribution >= 4 is 10.9 Å². The van der Waals surface area contributed by atoms with Crippen molar-refractivity contribution in [2.75, 3.05) is 13.1 Å². The molecule has 2 N–H and O–H groups in total. The highest BCUT2D eigenvalue weighted by Crippen LogP contribution is 2.19. The van der Waals surface area contributed by atoms with Crippen molar-refractivity contribution in [3.8, 4) is 0 Å². The zero-order chi connectivity index (χ0) is 12.3. The molecule has 1 unspecified atom stereocenters. The third-order valence-electron chi connectivity index (χ3n) is 3.31. The molecule has 0 spiro atoms. The van der Waals surface area contributed by atoms with E-state index in [4.69, 9.17) is 0 Å². The molecule has 2 aromatic rings. The van der Waals surface area contributed by atoms with Crippen LogP contribution in [-0.2, 0) is 6.42 Å². The van der Waals surface area contributed by atoms with Gasteiger partial charge in [0.2, 0.25) is 0 Å². The number of hydrogen-bond donors (Lipinski definition) is 2. The van der Waals surface area contributed by atoms with E-state index in [-0.39, 0.29) is 0 Å². The Labute approximate surface area is 102 Å². The van der Waals surface area contributed by atoms with Crippen LogP contribution in [-0.4, -0.2) is 34.3 Å². The van der Waals surface area contributed by atoms with Crippen molar-refractivity contribution in [2.24, 2.45) is 0 Å². The van der Waals surface area contributed by atoms with Crippen molar-refractivity contribution in [1.82, 2.24) is 9.88 Å². The first-order valence-electron chi connectivity index (χ1n) is 6.23. The van der Waals surface area contributed by atoms with Crippen molar-refractivity contribution in [3.05, 3.63) is 36.0 Å². The van der Waals surface area contributed by atoms with Gasteiger partial charge in [-0.05, 0) is 24.7 Å². The van der Waals surface area contributed by atoms with Crippen LogP contribution in [0.1, 0.15) is 19.4 Å². The first-order valence-corrected chi connectivity index (χ1v) is 6.23. The number of aliphatic hydroxyl groups is 1. The van der Waals surface area contributed by atoms with E-state index >= 15 is 0 Å². The molecule has 3 nitrogen and oxygen atoms in total. The molecule has 0 saturated carbocycles. The number of para-hydroxylation sites is 1. The fraction of sp³-hybridized carbons (Fsp3) is 0.429. The Kier molecular flexibility index (Phi) is 3.82. The lowest BCUT2D eigenvalue weighted by Gasteiger charge is -2.24. The highest BCUT2D eigenvalue weighted by molar-refractivity contribution is 5.83. The Bertz CT molecular complexity index is 474. The van der Waals surface area contributed by atoms with Gasteiger partial charge in [0.15, 0.2) is 0 Å². The minimum absolute atomic E-state index is 0.399. The summed E-state index contributed by atoms with van der Waals surface area (Å²) in [7, 11) is 0. The molecule has 2 rings (SSSR count). The maximum Gasteiger partial charge on any atom is 0.111 e. The summed E-state index contributed by atoms with van der Waals surface area (Å²) in [5.41, 5.74) is 2.31. The average molecular weight is 232 g/mol. The third-order valence-corrected chi connectivity index (χ3v) is 3.31. The van der Waals surface area contributed by atoms with E-state index in [2.05, 4.69) is 35.9 Å². The molecule has 0 fully saturated rings. The second kappa shape index (κ2) is 5.34. The van der Waals surface area contributed by atoms with Crippen LogP contribution in [0, 0.1) is 0 Å². The molecule has 1 heterocycles. The van der Waals surface area contributed by atoms with E-state index < -0.39 is 6.23 Å². The SMILES string of the molecule is CCN(CC)C(O)Cc1c[nH]c2ccccc12. The molecule has 0 saturated heterocycles. The summed E-state index contributed by atoms with van der Waals surface area (Å²) in [6.07, 6.45) is 2.27. The van der Waals surface area contributed by atoms with Gasteiger partial charge in [-0.1, -0.05) is 32.0 Å². The third kappa shape index (κ3) is 2.51. The minimum Gasteiger partial charge on any atom is -0.378 e. The summed E-state index contributed by atoms with van der Waals surface area (Å²) < 4.78 is 0. The Balaban J connectivity index is 2.18. The number of aromatic amines is 1. The van der Waals surface area contributed by atoms with Crippen LogP contribution in [0.25, 0.3) is 10.9 Å². The Morgan fingerprint density at radius 1 is 1.24 bits per heavy atom. The highest BCUT2D eigenvalue weighted by Gasteiger charge is 2.14. The van der Waals surface area contributed by atoms with Gasteiger partial charge in [0.25, 0.3) is 0 Å². The second-order valence-electron chi connectivity index (χ2n) is 4.27. The Hall–Kier alpha value is -1.32. The van der Waals surface area contributed by atoms with Gasteiger partial charge in [0.1, 0.15) is 6.23 Å². The summed E-state index contributed by atoms with van der Waals surface area (Å²) in [5.74, 6) is 0. The number of aromatic nitrogens is 1. The number of rotatable bonds is 5. The lowest BCUT2D eigenvalue weighted by molar-refractivity contribution is 0.0118. The maximum absolute atomic E-state index is 10.2. The second-order valence-corrected chi connectivity index (χ2v) is 4.27. The topological polar surface area (TPSA) is 39.3 Å². The molecule has 0 bridgehead atoms. The van der Waals surface area contributed by atoms with Gasteiger partial charge in [-0.15, -0.1) is 0 Å². The van der Waals surface area contributed by atoms with E-state index in [0.717, 1.165) is 18.6 Å². The van der Waals surface area contributed by atoms with Crippen molar-refractivity contribution in [2.45, 2.75) is 26.5 Å². The van der Waals surface area contributed by atoms with Gasteiger partial charge in [0.05, 0.1) is 0 Å². The van der Waals surface area contributed by atoms with Crippen LogP contribution in [0.3, 0.4) is 0 Å². The largest absolute Gasteiger partial charge is 0.378 e. The van der Waals surface area contributed by atoms with Gasteiger partial charge in [-0.25, -0.2) is 0 Å². The Morgan fingerprint density at radius 2 is 1.94 bits per heavy atom. The van der Waals surface area contributed by atoms with Crippen LogP contribution in [0.15, 0.2) is 30.5 Å². The van der Waals surface area contributed by atoms with Crippen LogP contribution in [0.5, 0.6) is 0 Å². The summed E-state index contributed by atoms with van der Waals surface area (Å²) >= 11 is 0. The van der Waals surface area contributed by atoms with Crippen LogP contribution >= 0.6 is 0 Å². The number of hydrogen-bond acceptors (Lipinski definition) is 2. The number of nitrogens with zero attached hydrogens (tertiary/aromatic N) is 1. The van der Waals surface area contributed by atoms with E-state index in [0.29, 0.717) is 6.42 Å². The number of aliphatic hydroxyl groups excluding tert-OH is 1. The zero-order valence-corrected chi connectivity index (χ0v) is 10.5. The van der Waals surface area contributed by atoms with E-state index in [9.17, 15) is 5.11 Å². The summed E-state index contributed by atoms with van der Waals surface area (Å²) in [6.45, 7) is 5.89. The van der Waals surface area contributed by atoms with Gasteiger partial charge in [-0.3, -0.25) is 4.90 Å². The number of likely N-dealkylation sites (N-methyl/N-ethyl adjacent to an activating group) is 1. The molecule has 1 aromatic carbocycles. The van der Waals surface area contributed by atoms with Gasteiger partial charge < -0.3 is 10.1 Å². The van der Waals surface area contributed by atoms with Crippen LogP contribution < -0.4 is 0 Å². The van der Waals surface area contributed by atoms with Crippen molar-refractivity contribution in [3.63, 3.8) is 0 Å². The molecule has 17 heavy (non-hydrogen) atoms. The number of H-pyrrole nitrogens is 1. The standard InChI is InChI=1S/C14H20N2O/c1-3-16(4-2)14(17)9-11-10-15-13-8-6-5-7-12(11)13/h5-8,10,14-15,17H,3-4,9H2,1-2H3. The summed E-state index contributed by atoms with van der Waals surface area (Å²) in [6, 6.07) is 8.20. The fourth-order valence-electron chi connectivity index (χ4n) is 2.27. The van der Waals surface area contributed by atoms with Crippen LogP contribution in [0.2, 0.25) is 0 Å². The molecule has 0 radical (unpaired) electrons. The molecule has 0 aliphatic rings. The molecule has 0 aliphatic carbocycles. The highest BCUT2D eigenvalue weighted by atomic mass is 16.3. The number of nitrogens with one attached hydrogen (secondary N) is 1. The minimum atomic E-state index is -0.399. The van der Waals surface area contributed by atoms with Gasteiger partial charge >= 0.3 is 0 Å². The monoisotopic (exact) mass is 232 g/mol. The van der Waals surface area contributed by atoms with Gasteiger partial charge in [-0.2, -0.15) is 0 Å². The molecule has 1 aromatic heterocycles. The molecule has 0 aliphatic heterocycles. The van der Waals surface area contributed by atoms with E-state index in [1.165, 1.54) is 10.9 Å². The smallest absolute Gasteiger partial charge is 0.111 e. The average Bonchev–Trinajstić information content (AvgIpc) is 2.74. The first kappa shape index (κ1) is 12.1. The molecule has 92 valence electrons. The fourth-order valence-corrected chi connectivity index (χ4v) is 2.27. The Morgan fingerprint density at radius 3 is 2.65 bits per heavy atom. The molecule has 1 atom stereocenters. The predicted octanol–water partition coefficient (Wildman–Crippen LogP) is 2.37. The predicted molar refractivity (Wildman–Crippen MR) is 70.9 cm³/mol. The van der Waals surface area contributed by atoms with E-state index in [1.54, 1.807) is 0 Å². The lowest BCUT2D eigenvalue weighted by Crippen LogP contribution is -2.36. The maximum atomic E-state index is 10.2. The van der Waals surface area contributed by atoms with Crippen molar-refractivity contribution in [1.29, 1.82) is 0 Å². The molecular weight excluding hydrogens is 212 g/mol. The van der Waals surface area contributed by atoms with Crippen molar-refractivity contribution < 1.29 is 5.11 Å². The van der Waals surface area contributed by atoms with Gasteiger partial charge in [0, 0.05) is 23.5 Å². The molecular formula is C14H20N2O. The molecule has 3 heteroatoms. The quantitative estimate of drug-likeness (QED) is 0.777. The van der Waals surface area contributed by atoms with E-state index in [1.807, 2.05) is 18.3 Å². The first-order chi connectivity index (χ1) is 8.26. The zero-order valence-electron chi connectivity index (χ0n) is 10.5. The lowest BCUT2D eigenvalue weighted by atomic mass is 10.1. The summed E-state index contributed by atoms with van der Waals surface area (Å²) in [4.78, 5) is 5.30. The van der Waals surface area contributed by atoms with Crippen LogP contribution in [0.4, 0.5) is 0 Å². The molecule has 0 amide bonds. The number of fused-ring (bicyclic) bond motifs is 1. The number of benzene rings is 1. The normalized spacial score (nSPS) is 13.4.